The first kappa shape index (κ1) is 23.6. The van der Waals surface area contributed by atoms with Gasteiger partial charge in [-0.15, -0.1) is 0 Å². The van der Waals surface area contributed by atoms with Crippen LogP contribution in [0.4, 0.5) is 13.6 Å². The molecule has 1 aromatic heterocycles. The monoisotopic (exact) mass is 462 g/mol. The van der Waals surface area contributed by atoms with Crippen LogP contribution >= 0.6 is 11.8 Å². The number of nitrogens with zero attached hydrogens (tertiary/aromatic N) is 3. The molecule has 0 spiro atoms. The molecular formula is C22H24F2N4O3S. The van der Waals surface area contributed by atoms with Crippen molar-refractivity contribution in [2.75, 3.05) is 18.9 Å². The van der Waals surface area contributed by atoms with Gasteiger partial charge < -0.3 is 10.1 Å². The Kier molecular flexibility index (Phi) is 7.79. The molecule has 2 aromatic rings. The molecule has 1 aliphatic rings. The Balaban J connectivity index is 2.05. The predicted molar refractivity (Wildman–Crippen MR) is 116 cm³/mol. The number of esters is 1. The lowest BCUT2D eigenvalue weighted by atomic mass is 9.95. The number of nitrogens with one attached hydrogen (secondary N) is 1. The fourth-order valence-electron chi connectivity index (χ4n) is 3.41. The zero-order chi connectivity index (χ0) is 23.3. The van der Waals surface area contributed by atoms with Crippen LogP contribution in [0.5, 0.6) is 0 Å². The summed E-state index contributed by atoms with van der Waals surface area (Å²) in [6.45, 7) is 5.58. The molecule has 2 heterocycles. The Hall–Kier alpha value is -3.01. The number of halogens is 2. The summed E-state index contributed by atoms with van der Waals surface area (Å²) >= 11 is 1.09. The van der Waals surface area contributed by atoms with E-state index in [2.05, 4.69) is 15.3 Å². The molecule has 32 heavy (non-hydrogen) atoms. The molecule has 170 valence electrons. The first-order chi connectivity index (χ1) is 15.3. The van der Waals surface area contributed by atoms with Gasteiger partial charge in [-0.2, -0.15) is 0 Å². The molecule has 0 saturated carbocycles. The number of aromatic nitrogens is 2. The molecule has 0 unspecified atom stereocenters. The Labute approximate surface area is 189 Å². The highest BCUT2D eigenvalue weighted by Gasteiger charge is 2.37. The average Bonchev–Trinajstić information content (AvgIpc) is 2.77. The molecule has 1 aliphatic heterocycles. The van der Waals surface area contributed by atoms with Gasteiger partial charge in [0.05, 0.1) is 18.2 Å². The van der Waals surface area contributed by atoms with Gasteiger partial charge in [0, 0.05) is 23.7 Å². The van der Waals surface area contributed by atoms with Gasteiger partial charge in [-0.1, -0.05) is 42.1 Å². The quantitative estimate of drug-likeness (QED) is 0.355. The maximum absolute atomic E-state index is 13.2. The molecule has 7 nitrogen and oxygen atoms in total. The van der Waals surface area contributed by atoms with Crippen molar-refractivity contribution in [3.05, 3.63) is 64.6 Å². The summed E-state index contributed by atoms with van der Waals surface area (Å²) in [6, 6.07) is 9.28. The van der Waals surface area contributed by atoms with E-state index < -0.39 is 18.4 Å². The van der Waals surface area contributed by atoms with E-state index in [0.717, 1.165) is 17.3 Å². The zero-order valence-corrected chi connectivity index (χ0v) is 18.8. The molecule has 0 aliphatic carbocycles. The average molecular weight is 463 g/mol. The molecule has 2 amide bonds. The van der Waals surface area contributed by atoms with Gasteiger partial charge in [0.2, 0.25) is 0 Å². The SMILES string of the molecule is CCOC(=O)C1=C(CSc2nc(C)cc(C(F)F)n2)N(CC)C(=O)N[C@H]1c1ccccc1. The zero-order valence-electron chi connectivity index (χ0n) is 18.0. The maximum Gasteiger partial charge on any atom is 0.338 e. The molecule has 0 bridgehead atoms. The Morgan fingerprint density at radius 2 is 1.97 bits per heavy atom. The number of aryl methyl sites for hydroxylation is 1. The summed E-state index contributed by atoms with van der Waals surface area (Å²) in [5.41, 5.74) is 1.52. The lowest BCUT2D eigenvalue weighted by Crippen LogP contribution is -2.49. The van der Waals surface area contributed by atoms with Gasteiger partial charge in [-0.3, -0.25) is 4.90 Å². The summed E-state index contributed by atoms with van der Waals surface area (Å²) in [7, 11) is 0. The third-order valence-electron chi connectivity index (χ3n) is 4.80. The van der Waals surface area contributed by atoms with Crippen molar-refractivity contribution in [2.45, 2.75) is 38.4 Å². The van der Waals surface area contributed by atoms with Crippen LogP contribution in [-0.4, -0.2) is 45.8 Å². The summed E-state index contributed by atoms with van der Waals surface area (Å²) in [5.74, 6) is -0.418. The van der Waals surface area contributed by atoms with E-state index in [0.29, 0.717) is 23.5 Å². The van der Waals surface area contributed by atoms with Gasteiger partial charge in [0.1, 0.15) is 5.69 Å². The van der Waals surface area contributed by atoms with Crippen molar-refractivity contribution < 1.29 is 23.1 Å². The predicted octanol–water partition coefficient (Wildman–Crippen LogP) is 4.42. The van der Waals surface area contributed by atoms with Gasteiger partial charge in [0.15, 0.2) is 5.16 Å². The Bertz CT molecular complexity index is 1020. The summed E-state index contributed by atoms with van der Waals surface area (Å²) in [5, 5.41) is 3.02. The van der Waals surface area contributed by atoms with Crippen molar-refractivity contribution in [1.82, 2.24) is 20.2 Å². The summed E-state index contributed by atoms with van der Waals surface area (Å²) in [6.07, 6.45) is -2.72. The van der Waals surface area contributed by atoms with Gasteiger partial charge in [-0.25, -0.2) is 28.3 Å². The van der Waals surface area contributed by atoms with Crippen LogP contribution in [0.1, 0.15) is 43.3 Å². The van der Waals surface area contributed by atoms with Crippen LogP contribution in [0.15, 0.2) is 52.8 Å². The normalized spacial score (nSPS) is 16.4. The van der Waals surface area contributed by atoms with Crippen molar-refractivity contribution in [2.24, 2.45) is 0 Å². The van der Waals surface area contributed by atoms with Crippen LogP contribution in [0, 0.1) is 6.92 Å². The number of benzene rings is 1. The first-order valence-corrected chi connectivity index (χ1v) is 11.1. The number of ether oxygens (including phenoxy) is 1. The third-order valence-corrected chi connectivity index (χ3v) is 5.66. The van der Waals surface area contributed by atoms with Crippen molar-refractivity contribution in [3.8, 4) is 0 Å². The fourth-order valence-corrected chi connectivity index (χ4v) is 4.37. The number of rotatable bonds is 8. The number of hydrogen-bond donors (Lipinski definition) is 1. The maximum atomic E-state index is 13.2. The lowest BCUT2D eigenvalue weighted by molar-refractivity contribution is -0.139. The second kappa shape index (κ2) is 10.5. The van der Waals surface area contributed by atoms with E-state index in [1.807, 2.05) is 30.3 Å². The Morgan fingerprint density at radius 1 is 1.25 bits per heavy atom. The number of carbonyl (C=O) groups excluding carboxylic acids is 2. The first-order valence-electron chi connectivity index (χ1n) is 10.1. The van der Waals surface area contributed by atoms with Crippen molar-refractivity contribution >= 4 is 23.8 Å². The fraction of sp³-hybridized carbons (Fsp3) is 0.364. The van der Waals surface area contributed by atoms with Crippen LogP contribution in [0.2, 0.25) is 0 Å². The van der Waals surface area contributed by atoms with Crippen LogP contribution in [0.3, 0.4) is 0 Å². The molecule has 0 saturated heterocycles. The molecule has 0 radical (unpaired) electrons. The standard InChI is InChI=1S/C22H24F2N4O3S/c1-4-28-16(12-32-21-25-13(3)11-15(26-21)19(23)24)17(20(29)31-5-2)18(27-22(28)30)14-9-7-6-8-10-14/h6-11,18-19H,4-5,12H2,1-3H3,(H,27,30)/t18-/m0/s1. The third kappa shape index (κ3) is 5.24. The topological polar surface area (TPSA) is 84.4 Å². The number of hydrogen-bond acceptors (Lipinski definition) is 6. The Morgan fingerprint density at radius 3 is 2.59 bits per heavy atom. The van der Waals surface area contributed by atoms with Crippen molar-refractivity contribution in [1.29, 1.82) is 0 Å². The van der Waals surface area contributed by atoms with E-state index in [1.54, 1.807) is 20.8 Å². The van der Waals surface area contributed by atoms with E-state index in [4.69, 9.17) is 4.74 Å². The van der Waals surface area contributed by atoms with E-state index in [9.17, 15) is 18.4 Å². The number of thioether (sulfide) groups is 1. The van der Waals surface area contributed by atoms with Gasteiger partial charge in [-0.05, 0) is 32.4 Å². The summed E-state index contributed by atoms with van der Waals surface area (Å²) in [4.78, 5) is 35.4. The molecule has 1 aromatic carbocycles. The lowest BCUT2D eigenvalue weighted by Gasteiger charge is -2.36. The van der Waals surface area contributed by atoms with E-state index >= 15 is 0 Å². The molecule has 0 fully saturated rings. The van der Waals surface area contributed by atoms with Crippen LogP contribution in [0.25, 0.3) is 0 Å². The molecule has 3 rings (SSSR count). The molecule has 10 heteroatoms. The largest absolute Gasteiger partial charge is 0.463 e. The number of amides is 2. The number of urea groups is 1. The second-order valence-electron chi connectivity index (χ2n) is 6.92. The molecule has 1 atom stereocenters. The van der Waals surface area contributed by atoms with E-state index in [1.165, 1.54) is 11.0 Å². The smallest absolute Gasteiger partial charge is 0.338 e. The minimum atomic E-state index is -2.72. The van der Waals surface area contributed by atoms with Gasteiger partial charge in [0.25, 0.3) is 6.43 Å². The highest BCUT2D eigenvalue weighted by Crippen LogP contribution is 2.34. The molecule has 1 N–H and O–H groups in total. The summed E-state index contributed by atoms with van der Waals surface area (Å²) < 4.78 is 31.6. The minimum Gasteiger partial charge on any atom is -0.463 e. The van der Waals surface area contributed by atoms with E-state index in [-0.39, 0.29) is 29.2 Å². The van der Waals surface area contributed by atoms with Crippen molar-refractivity contribution in [3.63, 3.8) is 0 Å². The van der Waals surface area contributed by atoms with Gasteiger partial charge >= 0.3 is 12.0 Å². The second-order valence-corrected chi connectivity index (χ2v) is 7.87. The van der Waals surface area contributed by atoms with Crippen LogP contribution < -0.4 is 5.32 Å². The minimum absolute atomic E-state index is 0.130. The highest BCUT2D eigenvalue weighted by atomic mass is 32.2. The van der Waals surface area contributed by atoms with Crippen LogP contribution in [-0.2, 0) is 9.53 Å². The number of alkyl halides is 2. The number of carbonyl (C=O) groups is 2. The highest BCUT2D eigenvalue weighted by molar-refractivity contribution is 7.99. The molecular weight excluding hydrogens is 438 g/mol.